The molecule has 1 saturated heterocycles. The van der Waals surface area contributed by atoms with Gasteiger partial charge in [0.1, 0.15) is 5.54 Å². The summed E-state index contributed by atoms with van der Waals surface area (Å²) in [4.78, 5) is 25.5. The van der Waals surface area contributed by atoms with Crippen molar-refractivity contribution in [3.05, 3.63) is 0 Å². The summed E-state index contributed by atoms with van der Waals surface area (Å²) in [5.74, 6) is 0.433. The van der Waals surface area contributed by atoms with Crippen LogP contribution in [0.5, 0.6) is 0 Å². The molecule has 1 fully saturated rings. The number of nitrogens with one attached hydrogen (secondary N) is 1. The van der Waals surface area contributed by atoms with E-state index in [1.165, 1.54) is 0 Å². The van der Waals surface area contributed by atoms with E-state index in [2.05, 4.69) is 19.2 Å². The first kappa shape index (κ1) is 13.0. The lowest BCUT2D eigenvalue weighted by atomic mass is 9.91. The molecule has 4 nitrogen and oxygen atoms in total. The molecule has 0 aromatic rings. The van der Waals surface area contributed by atoms with Crippen LogP contribution in [0.25, 0.3) is 0 Å². The molecule has 1 N–H and O–H groups in total. The van der Waals surface area contributed by atoms with Gasteiger partial charge in [0, 0.05) is 6.54 Å². The Bertz CT molecular complexity index is 291. The minimum absolute atomic E-state index is 0.0297. The normalized spacial score (nSPS) is 27.9. The Morgan fingerprint density at radius 3 is 2.56 bits per heavy atom. The second kappa shape index (κ2) is 4.85. The van der Waals surface area contributed by atoms with Crippen molar-refractivity contribution in [2.45, 2.75) is 46.1 Å². The van der Waals surface area contributed by atoms with Crippen molar-refractivity contribution >= 4 is 11.8 Å². The number of hydrogen-bond donors (Lipinski definition) is 1. The van der Waals surface area contributed by atoms with Crippen molar-refractivity contribution < 1.29 is 9.59 Å². The van der Waals surface area contributed by atoms with E-state index in [0.29, 0.717) is 18.9 Å². The van der Waals surface area contributed by atoms with Crippen LogP contribution in [0.15, 0.2) is 0 Å². The number of nitrogens with zero attached hydrogens (tertiary/aromatic N) is 1. The minimum atomic E-state index is -0.668. The van der Waals surface area contributed by atoms with Crippen molar-refractivity contribution in [1.82, 2.24) is 10.2 Å². The Morgan fingerprint density at radius 2 is 2.06 bits per heavy atom. The maximum Gasteiger partial charge on any atom is 0.246 e. The van der Waals surface area contributed by atoms with Crippen LogP contribution in [0, 0.1) is 5.92 Å². The molecule has 92 valence electrons. The van der Waals surface area contributed by atoms with E-state index >= 15 is 0 Å². The van der Waals surface area contributed by atoms with Gasteiger partial charge < -0.3 is 10.2 Å². The molecule has 2 amide bonds. The molecule has 1 rings (SSSR count). The Hall–Kier alpha value is -1.06. The Balaban J connectivity index is 2.89. The molecule has 0 saturated carbocycles. The van der Waals surface area contributed by atoms with Gasteiger partial charge in [-0.1, -0.05) is 27.2 Å². The van der Waals surface area contributed by atoms with Crippen LogP contribution in [0.4, 0.5) is 0 Å². The fraction of sp³-hybridized carbons (Fsp3) is 0.833. The highest BCUT2D eigenvalue weighted by Crippen LogP contribution is 2.24. The molecule has 0 bridgehead atoms. The van der Waals surface area contributed by atoms with Crippen LogP contribution in [-0.2, 0) is 9.59 Å². The first-order valence-electron chi connectivity index (χ1n) is 6.04. The Labute approximate surface area is 97.4 Å². The standard InChI is InChI=1S/C12H22N2O2/c1-5-9(3)8-14-10(15)7-13-11(16)12(14,4)6-2/h9H,5-8H2,1-4H3,(H,13,16). The molecule has 2 atom stereocenters. The molecule has 4 heteroatoms. The van der Waals surface area contributed by atoms with E-state index in [-0.39, 0.29) is 18.4 Å². The zero-order valence-corrected chi connectivity index (χ0v) is 10.7. The molecule has 2 unspecified atom stereocenters. The van der Waals surface area contributed by atoms with Gasteiger partial charge in [-0.15, -0.1) is 0 Å². The third kappa shape index (κ3) is 2.20. The van der Waals surface area contributed by atoms with E-state index in [1.807, 2.05) is 13.8 Å². The number of piperazine rings is 1. The number of amides is 2. The molecule has 16 heavy (non-hydrogen) atoms. The summed E-state index contributed by atoms with van der Waals surface area (Å²) >= 11 is 0. The average molecular weight is 226 g/mol. The van der Waals surface area contributed by atoms with Crippen LogP contribution in [0.3, 0.4) is 0 Å². The largest absolute Gasteiger partial charge is 0.345 e. The quantitative estimate of drug-likeness (QED) is 0.782. The maximum absolute atomic E-state index is 11.9. The second-order valence-corrected chi connectivity index (χ2v) is 4.83. The highest BCUT2D eigenvalue weighted by Gasteiger charge is 2.44. The van der Waals surface area contributed by atoms with Gasteiger partial charge in [0.05, 0.1) is 6.54 Å². The molecule has 0 aromatic carbocycles. The first-order valence-corrected chi connectivity index (χ1v) is 6.04. The summed E-state index contributed by atoms with van der Waals surface area (Å²) in [5.41, 5.74) is -0.668. The summed E-state index contributed by atoms with van der Waals surface area (Å²) in [6.07, 6.45) is 1.67. The van der Waals surface area contributed by atoms with Crippen molar-refractivity contribution in [3.8, 4) is 0 Å². The van der Waals surface area contributed by atoms with Gasteiger partial charge in [-0.05, 0) is 19.3 Å². The third-order valence-corrected chi connectivity index (χ3v) is 3.67. The highest BCUT2D eigenvalue weighted by molar-refractivity contribution is 5.97. The fourth-order valence-corrected chi connectivity index (χ4v) is 1.94. The molecule has 1 heterocycles. The molecular weight excluding hydrogens is 204 g/mol. The third-order valence-electron chi connectivity index (χ3n) is 3.67. The van der Waals surface area contributed by atoms with Gasteiger partial charge in [-0.2, -0.15) is 0 Å². The van der Waals surface area contributed by atoms with Crippen LogP contribution >= 0.6 is 0 Å². The zero-order chi connectivity index (χ0) is 12.3. The summed E-state index contributed by atoms with van der Waals surface area (Å²) in [6, 6.07) is 0. The van der Waals surface area contributed by atoms with E-state index in [1.54, 1.807) is 4.90 Å². The Morgan fingerprint density at radius 1 is 1.44 bits per heavy atom. The van der Waals surface area contributed by atoms with Gasteiger partial charge in [0.2, 0.25) is 11.8 Å². The van der Waals surface area contributed by atoms with E-state index in [4.69, 9.17) is 0 Å². The molecule has 0 spiro atoms. The average Bonchev–Trinajstić information content (AvgIpc) is 2.29. The highest BCUT2D eigenvalue weighted by atomic mass is 16.2. The van der Waals surface area contributed by atoms with Crippen molar-refractivity contribution in [2.24, 2.45) is 5.92 Å². The predicted molar refractivity (Wildman–Crippen MR) is 62.9 cm³/mol. The lowest BCUT2D eigenvalue weighted by Crippen LogP contribution is -2.66. The van der Waals surface area contributed by atoms with Gasteiger partial charge >= 0.3 is 0 Å². The maximum atomic E-state index is 11.9. The fourth-order valence-electron chi connectivity index (χ4n) is 1.94. The van der Waals surface area contributed by atoms with Crippen LogP contribution in [-0.4, -0.2) is 35.3 Å². The summed E-state index contributed by atoms with van der Waals surface area (Å²) < 4.78 is 0. The molecule has 0 radical (unpaired) electrons. The molecule has 0 aromatic heterocycles. The topological polar surface area (TPSA) is 49.4 Å². The lowest BCUT2D eigenvalue weighted by molar-refractivity contribution is -0.153. The molecular formula is C12H22N2O2. The molecule has 0 aliphatic carbocycles. The van der Waals surface area contributed by atoms with Gasteiger partial charge in [0.25, 0.3) is 0 Å². The summed E-state index contributed by atoms with van der Waals surface area (Å²) in [7, 11) is 0. The SMILES string of the molecule is CCC(C)CN1C(=O)CNC(=O)C1(C)CC. The van der Waals surface area contributed by atoms with Crippen LogP contribution in [0.1, 0.15) is 40.5 Å². The number of carbonyl (C=O) groups excluding carboxylic acids is 2. The van der Waals surface area contributed by atoms with Gasteiger partial charge in [-0.25, -0.2) is 0 Å². The van der Waals surface area contributed by atoms with E-state index in [9.17, 15) is 9.59 Å². The van der Waals surface area contributed by atoms with Crippen molar-refractivity contribution in [2.75, 3.05) is 13.1 Å². The summed E-state index contributed by atoms with van der Waals surface area (Å²) in [6.45, 7) is 8.82. The predicted octanol–water partition coefficient (Wildman–Crippen LogP) is 1.16. The van der Waals surface area contributed by atoms with Gasteiger partial charge in [-0.3, -0.25) is 9.59 Å². The second-order valence-electron chi connectivity index (χ2n) is 4.83. The van der Waals surface area contributed by atoms with Gasteiger partial charge in [0.15, 0.2) is 0 Å². The van der Waals surface area contributed by atoms with Crippen molar-refractivity contribution in [3.63, 3.8) is 0 Å². The monoisotopic (exact) mass is 226 g/mol. The lowest BCUT2D eigenvalue weighted by Gasteiger charge is -2.44. The van der Waals surface area contributed by atoms with Crippen LogP contribution in [0.2, 0.25) is 0 Å². The van der Waals surface area contributed by atoms with E-state index < -0.39 is 5.54 Å². The van der Waals surface area contributed by atoms with Crippen molar-refractivity contribution in [1.29, 1.82) is 0 Å². The number of hydrogen-bond acceptors (Lipinski definition) is 2. The first-order chi connectivity index (χ1) is 7.45. The molecule has 1 aliphatic heterocycles. The zero-order valence-electron chi connectivity index (χ0n) is 10.7. The molecule has 1 aliphatic rings. The number of carbonyl (C=O) groups is 2. The Kier molecular flexibility index (Phi) is 3.94. The van der Waals surface area contributed by atoms with E-state index in [0.717, 1.165) is 6.42 Å². The minimum Gasteiger partial charge on any atom is -0.345 e. The summed E-state index contributed by atoms with van der Waals surface area (Å²) in [5, 5.41) is 2.66. The number of rotatable bonds is 4. The smallest absolute Gasteiger partial charge is 0.246 e. The van der Waals surface area contributed by atoms with Crippen LogP contribution < -0.4 is 5.32 Å².